The lowest BCUT2D eigenvalue weighted by atomic mass is 10.1. The minimum absolute atomic E-state index is 0.0152. The highest BCUT2D eigenvalue weighted by molar-refractivity contribution is 9.10. The number of nitrogens with zero attached hydrogens (tertiary/aromatic N) is 2. The summed E-state index contributed by atoms with van der Waals surface area (Å²) in [5.74, 6) is -0.320. The zero-order valence-corrected chi connectivity index (χ0v) is 17.6. The van der Waals surface area contributed by atoms with Crippen molar-refractivity contribution in [2.45, 2.75) is 26.4 Å². The van der Waals surface area contributed by atoms with E-state index in [0.717, 1.165) is 10.0 Å². The van der Waals surface area contributed by atoms with E-state index in [4.69, 9.17) is 9.47 Å². The van der Waals surface area contributed by atoms with Gasteiger partial charge in [-0.3, -0.25) is 18.8 Å². The van der Waals surface area contributed by atoms with E-state index >= 15 is 0 Å². The molecule has 0 aliphatic carbocycles. The first-order valence-corrected chi connectivity index (χ1v) is 9.68. The summed E-state index contributed by atoms with van der Waals surface area (Å²) in [5, 5.41) is 0. The van der Waals surface area contributed by atoms with Gasteiger partial charge in [-0.05, 0) is 42.8 Å². The molecule has 150 valence electrons. The van der Waals surface area contributed by atoms with Crippen LogP contribution < -0.4 is 10.3 Å². The Morgan fingerprint density at radius 1 is 1.14 bits per heavy atom. The van der Waals surface area contributed by atoms with Crippen LogP contribution in [0, 0.1) is 6.92 Å². The molecular formula is C21H19BrN2O5. The first kappa shape index (κ1) is 20.7. The van der Waals surface area contributed by atoms with Gasteiger partial charge in [-0.15, -0.1) is 0 Å². The summed E-state index contributed by atoms with van der Waals surface area (Å²) in [4.78, 5) is 40.9. The summed E-state index contributed by atoms with van der Waals surface area (Å²) in [6.45, 7) is 1.77. The van der Waals surface area contributed by atoms with E-state index in [1.165, 1.54) is 17.6 Å². The lowest BCUT2D eigenvalue weighted by Gasteiger charge is -2.09. The molecule has 2 heterocycles. The average molecular weight is 459 g/mol. The zero-order chi connectivity index (χ0) is 21.0. The molecule has 0 amide bonds. The molecule has 0 atom stereocenters. The van der Waals surface area contributed by atoms with Crippen LogP contribution in [0.4, 0.5) is 0 Å². The van der Waals surface area contributed by atoms with E-state index in [0.29, 0.717) is 22.7 Å². The van der Waals surface area contributed by atoms with Gasteiger partial charge in [0.25, 0.3) is 5.56 Å². The van der Waals surface area contributed by atoms with Crippen LogP contribution in [-0.2, 0) is 16.1 Å². The van der Waals surface area contributed by atoms with Crippen molar-refractivity contribution in [3.63, 3.8) is 0 Å². The number of esters is 1. The zero-order valence-electron chi connectivity index (χ0n) is 16.0. The van der Waals surface area contributed by atoms with Gasteiger partial charge in [-0.1, -0.05) is 15.9 Å². The van der Waals surface area contributed by atoms with Crippen molar-refractivity contribution in [2.75, 3.05) is 7.11 Å². The molecule has 0 radical (unpaired) electrons. The lowest BCUT2D eigenvalue weighted by molar-refractivity contribution is -0.145. The van der Waals surface area contributed by atoms with Crippen molar-refractivity contribution >= 4 is 33.3 Å². The van der Waals surface area contributed by atoms with Gasteiger partial charge < -0.3 is 9.47 Å². The van der Waals surface area contributed by atoms with Crippen LogP contribution >= 0.6 is 15.9 Å². The Bertz CT molecular complexity index is 1140. The standard InChI is InChI=1S/C21H19BrN2O5/c1-13-7-8-24-19(9-13)23-15(11-20(24)26)12-29-21(27)6-4-17(25)16-10-14(22)3-5-18(16)28-2/h3,5,7-11H,4,6,12H2,1-2H3. The highest BCUT2D eigenvalue weighted by Gasteiger charge is 2.15. The summed E-state index contributed by atoms with van der Waals surface area (Å²) < 4.78 is 12.5. The molecule has 29 heavy (non-hydrogen) atoms. The average Bonchev–Trinajstić information content (AvgIpc) is 2.70. The molecule has 0 N–H and O–H groups in total. The lowest BCUT2D eigenvalue weighted by Crippen LogP contribution is -2.17. The van der Waals surface area contributed by atoms with Gasteiger partial charge in [0.05, 0.1) is 24.8 Å². The SMILES string of the molecule is COc1ccc(Br)cc1C(=O)CCC(=O)OCc1cc(=O)n2ccc(C)cc2n1. The third-order valence-corrected chi connectivity index (χ3v) is 4.77. The number of aromatic nitrogens is 2. The van der Waals surface area contributed by atoms with Crippen LogP contribution in [0.2, 0.25) is 0 Å². The molecule has 0 saturated carbocycles. The second kappa shape index (κ2) is 9.00. The number of hydrogen-bond acceptors (Lipinski definition) is 6. The number of ketones is 1. The van der Waals surface area contributed by atoms with Crippen LogP contribution in [0.1, 0.15) is 34.5 Å². The molecule has 0 saturated heterocycles. The minimum atomic E-state index is -0.543. The molecule has 7 nitrogen and oxygen atoms in total. The fourth-order valence-corrected chi connectivity index (χ4v) is 3.16. The van der Waals surface area contributed by atoms with Gasteiger partial charge in [0.15, 0.2) is 5.78 Å². The maximum Gasteiger partial charge on any atom is 0.306 e. The topological polar surface area (TPSA) is 87.0 Å². The van der Waals surface area contributed by atoms with Gasteiger partial charge in [-0.25, -0.2) is 4.98 Å². The number of benzene rings is 1. The summed E-state index contributed by atoms with van der Waals surface area (Å²) in [6.07, 6.45) is 1.55. The van der Waals surface area contributed by atoms with Crippen LogP contribution in [0.25, 0.3) is 5.65 Å². The first-order chi connectivity index (χ1) is 13.9. The highest BCUT2D eigenvalue weighted by atomic mass is 79.9. The smallest absolute Gasteiger partial charge is 0.306 e. The van der Waals surface area contributed by atoms with Gasteiger partial charge in [0.2, 0.25) is 0 Å². The molecule has 0 aliphatic heterocycles. The van der Waals surface area contributed by atoms with Crippen molar-refractivity contribution in [3.8, 4) is 5.75 Å². The molecule has 2 aromatic heterocycles. The molecule has 1 aromatic carbocycles. The van der Waals surface area contributed by atoms with Crippen LogP contribution in [0.3, 0.4) is 0 Å². The number of carbonyl (C=O) groups excluding carboxylic acids is 2. The second-order valence-electron chi connectivity index (χ2n) is 6.45. The molecule has 0 bridgehead atoms. The number of halogens is 1. The van der Waals surface area contributed by atoms with Crippen LogP contribution in [0.5, 0.6) is 5.75 Å². The fourth-order valence-electron chi connectivity index (χ4n) is 2.80. The Morgan fingerprint density at radius 2 is 1.93 bits per heavy atom. The number of Topliss-reactive ketones (excluding diaryl/α,β-unsaturated/α-hetero) is 1. The largest absolute Gasteiger partial charge is 0.496 e. The summed E-state index contributed by atoms with van der Waals surface area (Å²) in [7, 11) is 1.48. The third kappa shape index (κ3) is 5.08. The predicted octanol–water partition coefficient (Wildman–Crippen LogP) is 3.48. The van der Waals surface area contributed by atoms with Crippen molar-refractivity contribution in [1.82, 2.24) is 9.38 Å². The maximum atomic E-state index is 12.4. The Kier molecular flexibility index (Phi) is 6.43. The Balaban J connectivity index is 1.60. The van der Waals surface area contributed by atoms with Crippen molar-refractivity contribution in [3.05, 3.63) is 74.2 Å². The van der Waals surface area contributed by atoms with Gasteiger partial charge in [0.1, 0.15) is 18.0 Å². The van der Waals surface area contributed by atoms with E-state index < -0.39 is 5.97 Å². The summed E-state index contributed by atoms with van der Waals surface area (Å²) in [5.41, 5.74) is 1.95. The Hall–Kier alpha value is -3.00. The summed E-state index contributed by atoms with van der Waals surface area (Å²) in [6, 6.07) is 10.0. The van der Waals surface area contributed by atoms with Gasteiger partial charge in [0, 0.05) is 23.2 Å². The number of pyridine rings is 1. The number of aryl methyl sites for hydroxylation is 1. The first-order valence-electron chi connectivity index (χ1n) is 8.88. The summed E-state index contributed by atoms with van der Waals surface area (Å²) >= 11 is 3.32. The van der Waals surface area contributed by atoms with Crippen LogP contribution in [-0.4, -0.2) is 28.2 Å². The van der Waals surface area contributed by atoms with Crippen molar-refractivity contribution in [1.29, 1.82) is 0 Å². The molecule has 0 fully saturated rings. The molecular weight excluding hydrogens is 440 g/mol. The molecule has 3 rings (SSSR count). The maximum absolute atomic E-state index is 12.4. The number of hydrogen-bond donors (Lipinski definition) is 0. The fraction of sp³-hybridized carbons (Fsp3) is 0.238. The van der Waals surface area contributed by atoms with Crippen molar-refractivity contribution in [2.24, 2.45) is 0 Å². The second-order valence-corrected chi connectivity index (χ2v) is 7.36. The van der Waals surface area contributed by atoms with Crippen LogP contribution in [0.15, 0.2) is 51.9 Å². The molecule has 0 unspecified atom stereocenters. The number of carbonyl (C=O) groups is 2. The van der Waals surface area contributed by atoms with E-state index in [-0.39, 0.29) is 30.8 Å². The Labute approximate surface area is 175 Å². The number of methoxy groups -OCH3 is 1. The predicted molar refractivity (Wildman–Crippen MR) is 110 cm³/mol. The molecule has 8 heteroatoms. The van der Waals surface area contributed by atoms with E-state index in [9.17, 15) is 14.4 Å². The van der Waals surface area contributed by atoms with E-state index in [2.05, 4.69) is 20.9 Å². The Morgan fingerprint density at radius 3 is 2.69 bits per heavy atom. The third-order valence-electron chi connectivity index (χ3n) is 4.27. The van der Waals surface area contributed by atoms with E-state index in [1.807, 2.05) is 13.0 Å². The number of rotatable bonds is 7. The quantitative estimate of drug-likeness (QED) is 0.397. The highest BCUT2D eigenvalue weighted by Crippen LogP contribution is 2.24. The molecule has 3 aromatic rings. The van der Waals surface area contributed by atoms with Gasteiger partial charge in [-0.2, -0.15) is 0 Å². The monoisotopic (exact) mass is 458 g/mol. The number of fused-ring (bicyclic) bond motifs is 1. The normalized spacial score (nSPS) is 10.7. The number of ether oxygens (including phenoxy) is 2. The van der Waals surface area contributed by atoms with E-state index in [1.54, 1.807) is 30.5 Å². The molecule has 0 spiro atoms. The van der Waals surface area contributed by atoms with Crippen molar-refractivity contribution < 1.29 is 19.1 Å². The minimum Gasteiger partial charge on any atom is -0.496 e. The molecule has 0 aliphatic rings. The van der Waals surface area contributed by atoms with Gasteiger partial charge >= 0.3 is 5.97 Å².